The van der Waals surface area contributed by atoms with Crippen LogP contribution in [-0.2, 0) is 0 Å². The SMILES string of the molecule is C[Si]1(C)c2cc(N(c3ccc(-c4ccc5ccccc5c4)cc3)c3ccc4c(c3)sc3ccccc34)ccc2-c2c1ccc1c2oc2ccccc21. The van der Waals surface area contributed by atoms with Crippen LogP contribution in [0.4, 0.5) is 17.1 Å². The first kappa shape index (κ1) is 29.8. The molecule has 3 heterocycles. The van der Waals surface area contributed by atoms with Gasteiger partial charge in [-0.1, -0.05) is 122 Å². The monoisotopic (exact) mass is 699 g/mol. The van der Waals surface area contributed by atoms with E-state index >= 15 is 0 Å². The molecule has 11 rings (SSSR count). The third-order valence-electron chi connectivity index (χ3n) is 11.3. The van der Waals surface area contributed by atoms with Gasteiger partial charge in [0.25, 0.3) is 0 Å². The van der Waals surface area contributed by atoms with Crippen LogP contribution in [0.5, 0.6) is 0 Å². The van der Waals surface area contributed by atoms with Crippen molar-refractivity contribution in [3.05, 3.63) is 164 Å². The molecule has 246 valence electrons. The number of para-hydroxylation sites is 1. The molecule has 10 aromatic rings. The van der Waals surface area contributed by atoms with E-state index in [1.54, 1.807) is 0 Å². The van der Waals surface area contributed by atoms with Crippen molar-refractivity contribution in [2.24, 2.45) is 0 Å². The van der Waals surface area contributed by atoms with E-state index in [2.05, 4.69) is 182 Å². The molecule has 0 N–H and O–H groups in total. The summed E-state index contributed by atoms with van der Waals surface area (Å²) in [6.45, 7) is 4.98. The highest BCUT2D eigenvalue weighted by Gasteiger charge is 2.40. The number of anilines is 3. The third kappa shape index (κ3) is 4.35. The fourth-order valence-electron chi connectivity index (χ4n) is 8.60. The van der Waals surface area contributed by atoms with Crippen LogP contribution in [-0.4, -0.2) is 8.07 Å². The van der Waals surface area contributed by atoms with Gasteiger partial charge in [0.05, 0.1) is 0 Å². The van der Waals surface area contributed by atoms with Crippen LogP contribution in [0.25, 0.3) is 75.1 Å². The molecule has 0 saturated heterocycles. The Morgan fingerprint density at radius 2 is 1.15 bits per heavy atom. The van der Waals surface area contributed by atoms with Crippen molar-refractivity contribution in [2.45, 2.75) is 13.1 Å². The Bertz CT molecular complexity index is 3060. The average molecular weight is 700 g/mol. The van der Waals surface area contributed by atoms with E-state index in [1.807, 2.05) is 11.3 Å². The minimum atomic E-state index is -2.05. The summed E-state index contributed by atoms with van der Waals surface area (Å²) >= 11 is 1.87. The van der Waals surface area contributed by atoms with Crippen molar-refractivity contribution in [2.75, 3.05) is 4.90 Å². The summed E-state index contributed by atoms with van der Waals surface area (Å²) in [6.07, 6.45) is 0. The number of fused-ring (bicyclic) bond motifs is 11. The van der Waals surface area contributed by atoms with Crippen LogP contribution < -0.4 is 15.3 Å². The van der Waals surface area contributed by atoms with Crippen LogP contribution >= 0.6 is 11.3 Å². The molecule has 52 heavy (non-hydrogen) atoms. The van der Waals surface area contributed by atoms with Gasteiger partial charge in [0.1, 0.15) is 19.2 Å². The van der Waals surface area contributed by atoms with E-state index in [4.69, 9.17) is 4.42 Å². The summed E-state index contributed by atoms with van der Waals surface area (Å²) in [5.74, 6) is 0. The van der Waals surface area contributed by atoms with E-state index in [9.17, 15) is 0 Å². The number of hydrogen-bond donors (Lipinski definition) is 0. The number of hydrogen-bond acceptors (Lipinski definition) is 3. The van der Waals surface area contributed by atoms with Gasteiger partial charge in [0.15, 0.2) is 0 Å². The zero-order chi connectivity index (χ0) is 34.6. The molecule has 0 spiro atoms. The Balaban J connectivity index is 1.08. The molecule has 2 nitrogen and oxygen atoms in total. The zero-order valence-electron chi connectivity index (χ0n) is 28.9. The molecular formula is C48H33NOSSi. The quantitative estimate of drug-likeness (QED) is 0.170. The molecule has 0 saturated carbocycles. The Morgan fingerprint density at radius 3 is 2.04 bits per heavy atom. The highest BCUT2D eigenvalue weighted by atomic mass is 32.1. The van der Waals surface area contributed by atoms with E-state index in [0.29, 0.717) is 0 Å². The van der Waals surface area contributed by atoms with Gasteiger partial charge in [-0.05, 0) is 92.4 Å². The molecule has 0 amide bonds. The first-order chi connectivity index (χ1) is 25.5. The van der Waals surface area contributed by atoms with Gasteiger partial charge in [-0.25, -0.2) is 0 Å². The summed E-state index contributed by atoms with van der Waals surface area (Å²) in [5, 5.41) is 10.4. The number of rotatable bonds is 4. The second kappa shape index (κ2) is 11.0. The van der Waals surface area contributed by atoms with Crippen molar-refractivity contribution in [3.63, 3.8) is 0 Å². The van der Waals surface area contributed by atoms with Gasteiger partial charge in [0, 0.05) is 53.6 Å². The van der Waals surface area contributed by atoms with Crippen molar-refractivity contribution in [1.29, 1.82) is 0 Å². The first-order valence-corrected chi connectivity index (χ1v) is 21.7. The average Bonchev–Trinajstić information content (AvgIpc) is 3.82. The highest BCUT2D eigenvalue weighted by molar-refractivity contribution is 7.25. The molecule has 8 aromatic carbocycles. The summed E-state index contributed by atoms with van der Waals surface area (Å²) < 4.78 is 9.23. The van der Waals surface area contributed by atoms with Crippen LogP contribution in [0.15, 0.2) is 168 Å². The normalized spacial score (nSPS) is 13.3. The van der Waals surface area contributed by atoms with Gasteiger partial charge < -0.3 is 9.32 Å². The summed E-state index contributed by atoms with van der Waals surface area (Å²) in [4.78, 5) is 2.44. The molecule has 0 aliphatic carbocycles. The lowest BCUT2D eigenvalue weighted by molar-refractivity contribution is 0.670. The minimum Gasteiger partial charge on any atom is -0.455 e. The van der Waals surface area contributed by atoms with Gasteiger partial charge >= 0.3 is 0 Å². The summed E-state index contributed by atoms with van der Waals surface area (Å²) in [7, 11) is -2.05. The predicted octanol–water partition coefficient (Wildman–Crippen LogP) is 13.0. The van der Waals surface area contributed by atoms with E-state index in [0.717, 1.165) is 22.5 Å². The summed E-state index contributed by atoms with van der Waals surface area (Å²) in [6, 6.07) is 60.3. The lowest BCUT2D eigenvalue weighted by Crippen LogP contribution is -2.49. The number of nitrogens with zero attached hydrogens (tertiary/aromatic N) is 1. The van der Waals surface area contributed by atoms with Gasteiger partial charge in [-0.15, -0.1) is 11.3 Å². The molecular weight excluding hydrogens is 667 g/mol. The molecule has 0 fully saturated rings. The van der Waals surface area contributed by atoms with Gasteiger partial charge in [0.2, 0.25) is 0 Å². The Kier molecular flexibility index (Phi) is 6.31. The Hall–Kier alpha value is -5.94. The van der Waals surface area contributed by atoms with Crippen molar-refractivity contribution in [3.8, 4) is 22.3 Å². The molecule has 2 aromatic heterocycles. The summed E-state index contributed by atoms with van der Waals surface area (Å²) in [5.41, 5.74) is 10.5. The minimum absolute atomic E-state index is 0.949. The van der Waals surface area contributed by atoms with Crippen LogP contribution in [0.1, 0.15) is 0 Å². The van der Waals surface area contributed by atoms with Crippen molar-refractivity contribution >= 4 is 99.7 Å². The molecule has 1 aliphatic rings. The topological polar surface area (TPSA) is 16.4 Å². The van der Waals surface area contributed by atoms with Gasteiger partial charge in [-0.3, -0.25) is 0 Å². The molecule has 0 bridgehead atoms. The number of furan rings is 1. The fourth-order valence-corrected chi connectivity index (χ4v) is 12.8. The molecule has 4 heteroatoms. The largest absolute Gasteiger partial charge is 0.455 e. The van der Waals surface area contributed by atoms with Crippen molar-refractivity contribution in [1.82, 2.24) is 0 Å². The third-order valence-corrected chi connectivity index (χ3v) is 15.9. The maximum atomic E-state index is 6.61. The number of benzene rings is 8. The zero-order valence-corrected chi connectivity index (χ0v) is 30.7. The van der Waals surface area contributed by atoms with Gasteiger partial charge in [-0.2, -0.15) is 0 Å². The van der Waals surface area contributed by atoms with E-state index < -0.39 is 8.07 Å². The lowest BCUT2D eigenvalue weighted by Gasteiger charge is -2.28. The lowest BCUT2D eigenvalue weighted by atomic mass is 10.0. The Morgan fingerprint density at radius 1 is 0.481 bits per heavy atom. The Labute approximate surface area is 306 Å². The van der Waals surface area contributed by atoms with Crippen LogP contribution in [0, 0.1) is 0 Å². The standard InChI is InChI=1S/C48H33NOSSi/c1-52(2)45-26-25-40-37-11-5-7-13-42(37)50-48(40)47(45)41-24-22-36(29-46(41)52)49(35-21-23-39-38-12-6-8-14-43(38)51-44(39)28-35)34-19-17-31(18-20-34)33-16-15-30-9-3-4-10-32(30)27-33/h3-29H,1-2H3. The predicted molar refractivity (Wildman–Crippen MR) is 226 cm³/mol. The van der Waals surface area contributed by atoms with E-state index in [1.165, 1.54) is 80.0 Å². The molecule has 1 aliphatic heterocycles. The van der Waals surface area contributed by atoms with Crippen LogP contribution in [0.3, 0.4) is 0 Å². The fraction of sp³-hybridized carbons (Fsp3) is 0.0417. The van der Waals surface area contributed by atoms with Crippen molar-refractivity contribution < 1.29 is 4.42 Å². The first-order valence-electron chi connectivity index (χ1n) is 17.9. The maximum absolute atomic E-state index is 6.61. The second-order valence-electron chi connectivity index (χ2n) is 14.5. The maximum Gasteiger partial charge on any atom is 0.143 e. The molecule has 0 unspecified atom stereocenters. The smallest absolute Gasteiger partial charge is 0.143 e. The highest BCUT2D eigenvalue weighted by Crippen LogP contribution is 2.44. The molecule has 0 atom stereocenters. The van der Waals surface area contributed by atoms with E-state index in [-0.39, 0.29) is 0 Å². The van der Waals surface area contributed by atoms with Crippen LogP contribution in [0.2, 0.25) is 13.1 Å². The second-order valence-corrected chi connectivity index (χ2v) is 20.0. The number of thiophene rings is 1. The molecule has 0 radical (unpaired) electrons.